The van der Waals surface area contributed by atoms with Crippen LogP contribution in [0.5, 0.6) is 0 Å². The highest BCUT2D eigenvalue weighted by molar-refractivity contribution is 9.10. The average Bonchev–Trinajstić information content (AvgIpc) is 3.09. The van der Waals surface area contributed by atoms with Gasteiger partial charge in [-0.05, 0) is 49.2 Å². The number of hydrogen-bond donors (Lipinski definition) is 2. The van der Waals surface area contributed by atoms with E-state index in [0.29, 0.717) is 11.3 Å². The van der Waals surface area contributed by atoms with E-state index in [0.717, 1.165) is 20.6 Å². The molecule has 31 heavy (non-hydrogen) atoms. The number of nitrogens with one attached hydrogen (secondary N) is 2. The maximum atomic E-state index is 12.4. The van der Waals surface area contributed by atoms with Gasteiger partial charge in [-0.1, -0.05) is 34.1 Å². The van der Waals surface area contributed by atoms with Crippen LogP contribution in [0.25, 0.3) is 0 Å². The molecule has 162 valence electrons. The number of rotatable bonds is 6. The number of carbonyl (C=O) groups excluding carboxylic acids is 4. The van der Waals surface area contributed by atoms with Crippen molar-refractivity contribution in [2.24, 2.45) is 5.92 Å². The molecule has 0 spiro atoms. The maximum absolute atomic E-state index is 12.4. The van der Waals surface area contributed by atoms with Gasteiger partial charge in [-0.25, -0.2) is 0 Å². The van der Waals surface area contributed by atoms with Gasteiger partial charge in [-0.15, -0.1) is 0 Å². The molecule has 0 unspecified atom stereocenters. The summed E-state index contributed by atoms with van der Waals surface area (Å²) < 4.78 is 5.99. The molecule has 1 atom stereocenters. The maximum Gasteiger partial charge on any atom is 0.311 e. The molecule has 3 rings (SSSR count). The molecule has 0 aliphatic carbocycles. The highest BCUT2D eigenvalue weighted by atomic mass is 79.9. The highest BCUT2D eigenvalue weighted by Gasteiger charge is 2.36. The minimum Gasteiger partial charge on any atom is -0.455 e. The first-order chi connectivity index (χ1) is 14.7. The summed E-state index contributed by atoms with van der Waals surface area (Å²) in [6.07, 6.45) is -0.0968. The minimum atomic E-state index is -0.757. The topological polar surface area (TPSA) is 105 Å². The fourth-order valence-corrected chi connectivity index (χ4v) is 3.40. The van der Waals surface area contributed by atoms with Gasteiger partial charge in [0.15, 0.2) is 6.61 Å². The number of aryl methyl sites for hydroxylation is 2. The molecule has 1 saturated heterocycles. The minimum absolute atomic E-state index is 0.0111. The van der Waals surface area contributed by atoms with E-state index in [2.05, 4.69) is 26.7 Å². The molecule has 9 heteroatoms. The Kier molecular flexibility index (Phi) is 7.06. The zero-order chi connectivity index (χ0) is 22.5. The van der Waals surface area contributed by atoms with Crippen molar-refractivity contribution in [3.63, 3.8) is 0 Å². The van der Waals surface area contributed by atoms with Crippen LogP contribution in [0.2, 0.25) is 0 Å². The van der Waals surface area contributed by atoms with E-state index in [-0.39, 0.29) is 13.0 Å². The summed E-state index contributed by atoms with van der Waals surface area (Å²) in [7, 11) is 0. The number of anilines is 1. The Morgan fingerprint density at radius 1 is 1.13 bits per heavy atom. The largest absolute Gasteiger partial charge is 0.455 e. The molecule has 1 fully saturated rings. The van der Waals surface area contributed by atoms with E-state index >= 15 is 0 Å². The SMILES string of the molecule is Cc1cc(NC(=O)COC(=O)[C@@H]2CC(=O)N(NC(=O)c3ccccc3C)C2)ccc1Br. The van der Waals surface area contributed by atoms with Gasteiger partial charge in [0, 0.05) is 22.1 Å². The number of hydrazine groups is 1. The number of ether oxygens (including phenoxy) is 1. The molecule has 0 saturated carbocycles. The Bertz CT molecular complexity index is 1040. The molecule has 2 aromatic carbocycles. The molecule has 1 aliphatic rings. The van der Waals surface area contributed by atoms with Gasteiger partial charge >= 0.3 is 5.97 Å². The molecular formula is C22H22BrN3O5. The van der Waals surface area contributed by atoms with E-state index in [9.17, 15) is 19.2 Å². The fourth-order valence-electron chi connectivity index (χ4n) is 3.16. The summed E-state index contributed by atoms with van der Waals surface area (Å²) in [6, 6.07) is 12.3. The molecule has 8 nitrogen and oxygen atoms in total. The standard InChI is InChI=1S/C22H22BrN3O5/c1-13-5-3-4-6-17(13)21(29)25-26-11-15(10-20(26)28)22(30)31-12-19(27)24-16-7-8-18(23)14(2)9-16/h3-9,15H,10-12H2,1-2H3,(H,24,27)(H,25,29)/t15-/m1/s1. The molecule has 1 aliphatic heterocycles. The Labute approximate surface area is 188 Å². The number of esters is 1. The molecule has 2 N–H and O–H groups in total. The second-order valence-corrected chi connectivity index (χ2v) is 8.14. The predicted octanol–water partition coefficient (Wildman–Crippen LogP) is 2.74. The van der Waals surface area contributed by atoms with Crippen molar-refractivity contribution in [2.45, 2.75) is 20.3 Å². The first-order valence-electron chi connectivity index (χ1n) is 9.64. The zero-order valence-corrected chi connectivity index (χ0v) is 18.7. The van der Waals surface area contributed by atoms with Crippen molar-refractivity contribution in [1.82, 2.24) is 10.4 Å². The van der Waals surface area contributed by atoms with Crippen LogP contribution in [0.3, 0.4) is 0 Å². The third-order valence-corrected chi connectivity index (χ3v) is 5.76. The van der Waals surface area contributed by atoms with E-state index in [1.165, 1.54) is 0 Å². The number of amides is 3. The van der Waals surface area contributed by atoms with Crippen LogP contribution >= 0.6 is 15.9 Å². The average molecular weight is 488 g/mol. The lowest BCUT2D eigenvalue weighted by atomic mass is 10.1. The van der Waals surface area contributed by atoms with E-state index in [1.54, 1.807) is 43.3 Å². The number of benzene rings is 2. The molecule has 0 aromatic heterocycles. The van der Waals surface area contributed by atoms with E-state index in [1.807, 2.05) is 13.0 Å². The normalized spacial score (nSPS) is 15.5. The summed E-state index contributed by atoms with van der Waals surface area (Å²) >= 11 is 3.38. The summed E-state index contributed by atoms with van der Waals surface area (Å²) in [5, 5.41) is 3.77. The predicted molar refractivity (Wildman–Crippen MR) is 117 cm³/mol. The molecule has 0 bridgehead atoms. The van der Waals surface area contributed by atoms with Crippen molar-refractivity contribution < 1.29 is 23.9 Å². The van der Waals surface area contributed by atoms with Gasteiger partial charge in [-0.3, -0.25) is 29.6 Å². The Balaban J connectivity index is 1.49. The van der Waals surface area contributed by atoms with Crippen molar-refractivity contribution in [3.05, 3.63) is 63.6 Å². The fraction of sp³-hybridized carbons (Fsp3) is 0.273. The van der Waals surface area contributed by atoms with Crippen LogP contribution < -0.4 is 10.7 Å². The van der Waals surface area contributed by atoms with E-state index < -0.39 is 36.2 Å². The summed E-state index contributed by atoms with van der Waals surface area (Å²) in [6.45, 7) is 3.21. The molecule has 1 heterocycles. The second-order valence-electron chi connectivity index (χ2n) is 7.28. The Morgan fingerprint density at radius 3 is 2.58 bits per heavy atom. The molecule has 0 radical (unpaired) electrons. The first-order valence-corrected chi connectivity index (χ1v) is 10.4. The van der Waals surface area contributed by atoms with Crippen molar-refractivity contribution in [1.29, 1.82) is 0 Å². The summed E-state index contributed by atoms with van der Waals surface area (Å²) in [4.78, 5) is 49.0. The molecular weight excluding hydrogens is 466 g/mol. The van der Waals surface area contributed by atoms with Crippen molar-refractivity contribution in [2.75, 3.05) is 18.5 Å². The third kappa shape index (κ3) is 5.69. The van der Waals surface area contributed by atoms with Gasteiger partial charge in [0.1, 0.15) is 0 Å². The smallest absolute Gasteiger partial charge is 0.311 e. The van der Waals surface area contributed by atoms with Crippen molar-refractivity contribution in [3.8, 4) is 0 Å². The van der Waals surface area contributed by atoms with E-state index in [4.69, 9.17) is 4.74 Å². The van der Waals surface area contributed by atoms with Gasteiger partial charge in [0.05, 0.1) is 12.5 Å². The lowest BCUT2D eigenvalue weighted by Gasteiger charge is -2.18. The number of carbonyl (C=O) groups is 4. The quantitative estimate of drug-likeness (QED) is 0.609. The Morgan fingerprint density at radius 2 is 1.87 bits per heavy atom. The number of nitrogens with zero attached hydrogens (tertiary/aromatic N) is 1. The van der Waals surface area contributed by atoms with Crippen LogP contribution in [0.15, 0.2) is 46.9 Å². The van der Waals surface area contributed by atoms with Crippen molar-refractivity contribution >= 4 is 45.3 Å². The lowest BCUT2D eigenvalue weighted by molar-refractivity contribution is -0.151. The molecule has 2 aromatic rings. The zero-order valence-electron chi connectivity index (χ0n) is 17.1. The second kappa shape index (κ2) is 9.74. The summed E-state index contributed by atoms with van der Waals surface area (Å²) in [5.74, 6) is -2.72. The van der Waals surface area contributed by atoms with Crippen LogP contribution in [-0.2, 0) is 19.1 Å². The van der Waals surface area contributed by atoms with Crippen LogP contribution in [-0.4, -0.2) is 41.9 Å². The third-order valence-electron chi connectivity index (χ3n) is 4.87. The van der Waals surface area contributed by atoms with Crippen LogP contribution in [0.4, 0.5) is 5.69 Å². The van der Waals surface area contributed by atoms with Crippen LogP contribution in [0.1, 0.15) is 27.9 Å². The monoisotopic (exact) mass is 487 g/mol. The van der Waals surface area contributed by atoms with Crippen LogP contribution in [0, 0.1) is 19.8 Å². The van der Waals surface area contributed by atoms with Gasteiger partial charge < -0.3 is 10.1 Å². The van der Waals surface area contributed by atoms with Gasteiger partial charge in [0.2, 0.25) is 5.91 Å². The van der Waals surface area contributed by atoms with Gasteiger partial charge in [-0.2, -0.15) is 0 Å². The number of hydrogen-bond acceptors (Lipinski definition) is 5. The molecule has 3 amide bonds. The lowest BCUT2D eigenvalue weighted by Crippen LogP contribution is -2.43. The van der Waals surface area contributed by atoms with Gasteiger partial charge in [0.25, 0.3) is 11.8 Å². The highest BCUT2D eigenvalue weighted by Crippen LogP contribution is 2.21. The first kappa shape index (κ1) is 22.5. The Hall–Kier alpha value is -3.20. The number of halogens is 1. The summed E-state index contributed by atoms with van der Waals surface area (Å²) in [5.41, 5.74) is 5.29.